The molecule has 3 atom stereocenters. The van der Waals surface area contributed by atoms with Gasteiger partial charge in [0, 0.05) is 13.1 Å². The van der Waals surface area contributed by atoms with Gasteiger partial charge in [0.1, 0.15) is 24.5 Å². The second kappa shape index (κ2) is 10.4. The number of hydrogen-bond acceptors (Lipinski definition) is 7. The Morgan fingerprint density at radius 1 is 1.14 bits per heavy atom. The van der Waals surface area contributed by atoms with Crippen molar-refractivity contribution in [2.75, 3.05) is 0 Å². The molecule has 192 valence electrons. The van der Waals surface area contributed by atoms with E-state index in [1.807, 2.05) is 30.3 Å². The summed E-state index contributed by atoms with van der Waals surface area (Å²) >= 11 is 0. The molecule has 1 fully saturated rings. The Labute approximate surface area is 211 Å². The fourth-order valence-corrected chi connectivity index (χ4v) is 4.57. The number of fused-ring (bicyclic) bond motifs is 4. The average molecular weight is 509 g/mol. The Hall–Kier alpha value is -4.25. The molecule has 0 aliphatic carbocycles. The molecule has 11 heteroatoms. The van der Waals surface area contributed by atoms with E-state index in [1.54, 1.807) is 0 Å². The summed E-state index contributed by atoms with van der Waals surface area (Å²) in [6, 6.07) is 14.8. The van der Waals surface area contributed by atoms with Crippen LogP contribution >= 0.6 is 0 Å². The highest BCUT2D eigenvalue weighted by atomic mass is 19.1. The fraction of sp³-hybridized carbons (Fsp3) is 0.308. The molecule has 2 bridgehead atoms. The van der Waals surface area contributed by atoms with Crippen molar-refractivity contribution in [1.29, 1.82) is 0 Å². The lowest BCUT2D eigenvalue weighted by atomic mass is 10.0. The maximum Gasteiger partial charge on any atom is 0.409 e. The molecule has 3 heterocycles. The molecule has 2 aromatic carbocycles. The van der Waals surface area contributed by atoms with Gasteiger partial charge in [0.25, 0.3) is 11.5 Å². The number of nitrogens with zero attached hydrogens (tertiary/aromatic N) is 2. The predicted molar refractivity (Wildman–Crippen MR) is 128 cm³/mol. The molecule has 1 saturated heterocycles. The minimum atomic E-state index is -0.827. The lowest BCUT2D eigenvalue weighted by Crippen LogP contribution is -2.42. The molecule has 10 nitrogen and oxygen atoms in total. The van der Waals surface area contributed by atoms with Crippen molar-refractivity contribution in [3.05, 3.63) is 93.4 Å². The van der Waals surface area contributed by atoms with Crippen molar-refractivity contribution in [3.8, 4) is 5.75 Å². The highest BCUT2D eigenvalue weighted by molar-refractivity contribution is 5.94. The van der Waals surface area contributed by atoms with Crippen LogP contribution in [0.25, 0.3) is 0 Å². The first-order valence-corrected chi connectivity index (χ1v) is 11.9. The van der Waals surface area contributed by atoms with Gasteiger partial charge in [-0.1, -0.05) is 42.5 Å². The third kappa shape index (κ3) is 5.31. The van der Waals surface area contributed by atoms with Crippen LogP contribution in [0.5, 0.6) is 5.75 Å². The Morgan fingerprint density at radius 3 is 2.65 bits per heavy atom. The molecule has 0 radical (unpaired) electrons. The minimum Gasteiger partial charge on any atom is -0.501 e. The number of rotatable bonds is 6. The third-order valence-electron chi connectivity index (χ3n) is 6.46. The number of carbonyl (C=O) groups is 2. The summed E-state index contributed by atoms with van der Waals surface area (Å²) in [6.45, 7) is 0.372. The molecule has 2 amide bonds. The van der Waals surface area contributed by atoms with Crippen molar-refractivity contribution in [2.24, 2.45) is 0 Å². The topological polar surface area (TPSA) is 132 Å². The second-order valence-electron chi connectivity index (χ2n) is 8.95. The van der Waals surface area contributed by atoms with E-state index in [-0.39, 0.29) is 31.6 Å². The quantitative estimate of drug-likeness (QED) is 0.466. The molecular weight excluding hydrogens is 483 g/mol. The molecular formula is C26H25FN4O6. The number of ether oxygens (including phenoxy) is 2. The van der Waals surface area contributed by atoms with Crippen molar-refractivity contribution in [2.45, 2.75) is 50.8 Å². The van der Waals surface area contributed by atoms with Gasteiger partial charge >= 0.3 is 6.09 Å². The van der Waals surface area contributed by atoms with Gasteiger partial charge in [-0.3, -0.25) is 19.5 Å². The van der Waals surface area contributed by atoms with Crippen LogP contribution in [0, 0.1) is 5.82 Å². The van der Waals surface area contributed by atoms with Crippen LogP contribution in [-0.4, -0.2) is 39.0 Å². The maximum atomic E-state index is 13.1. The lowest BCUT2D eigenvalue weighted by molar-refractivity contribution is 0.00795. The molecule has 2 aliphatic rings. The smallest absolute Gasteiger partial charge is 0.409 e. The molecule has 3 N–H and O–H groups in total. The SMILES string of the molecule is O=C(NC1OC2CCn3c(nc(C(=O)NCc4ccc(F)cc4)c(O)c3=O)C1C2)OCc1ccccc1. The number of nitrogens with one attached hydrogen (secondary N) is 2. The largest absolute Gasteiger partial charge is 0.501 e. The summed E-state index contributed by atoms with van der Waals surface area (Å²) in [5.41, 5.74) is 0.293. The van der Waals surface area contributed by atoms with Crippen molar-refractivity contribution in [1.82, 2.24) is 20.2 Å². The van der Waals surface area contributed by atoms with Crippen LogP contribution in [0.15, 0.2) is 59.4 Å². The van der Waals surface area contributed by atoms with Gasteiger partial charge in [-0.2, -0.15) is 0 Å². The number of amides is 2. The molecule has 0 spiro atoms. The molecule has 3 unspecified atom stereocenters. The van der Waals surface area contributed by atoms with Crippen LogP contribution < -0.4 is 16.2 Å². The van der Waals surface area contributed by atoms with Crippen LogP contribution in [0.2, 0.25) is 0 Å². The maximum absolute atomic E-state index is 13.1. The monoisotopic (exact) mass is 508 g/mol. The standard InChI is InChI=1S/C26H25FN4O6/c27-17-8-6-15(7-9-17)13-28-23(33)20-21(32)25(34)31-11-10-18-12-19(22(31)29-20)24(37-18)30-26(35)36-14-16-4-2-1-3-5-16/h1-9,18-19,24,32H,10-14H2,(H,28,33)(H,30,35). The van der Waals surface area contributed by atoms with Crippen molar-refractivity contribution in [3.63, 3.8) is 0 Å². The number of carbonyl (C=O) groups excluding carboxylic acids is 2. The summed E-state index contributed by atoms with van der Waals surface area (Å²) in [7, 11) is 0. The van der Waals surface area contributed by atoms with Gasteiger partial charge in [0.15, 0.2) is 5.69 Å². The van der Waals surface area contributed by atoms with Crippen LogP contribution in [-0.2, 0) is 29.2 Å². The number of hydrogen-bond donors (Lipinski definition) is 3. The molecule has 2 aliphatic heterocycles. The fourth-order valence-electron chi connectivity index (χ4n) is 4.57. The summed E-state index contributed by atoms with van der Waals surface area (Å²) in [6.07, 6.45) is -0.824. The molecule has 37 heavy (non-hydrogen) atoms. The predicted octanol–water partition coefficient (Wildman–Crippen LogP) is 2.55. The molecule has 3 aromatic rings. The van der Waals surface area contributed by atoms with Crippen molar-refractivity contribution >= 4 is 12.0 Å². The van der Waals surface area contributed by atoms with Gasteiger partial charge < -0.3 is 19.9 Å². The van der Waals surface area contributed by atoms with E-state index in [1.165, 1.54) is 28.8 Å². The van der Waals surface area contributed by atoms with E-state index in [9.17, 15) is 23.9 Å². The number of aromatic nitrogens is 2. The van der Waals surface area contributed by atoms with Crippen LogP contribution in [0.4, 0.5) is 9.18 Å². The first kappa shape index (κ1) is 24.4. The van der Waals surface area contributed by atoms with E-state index in [0.717, 1.165) is 5.56 Å². The first-order valence-electron chi connectivity index (χ1n) is 11.9. The third-order valence-corrected chi connectivity index (χ3v) is 6.46. The minimum absolute atomic E-state index is 0.0463. The summed E-state index contributed by atoms with van der Waals surface area (Å²) in [5.74, 6) is -2.21. The molecule has 5 rings (SSSR count). The van der Waals surface area contributed by atoms with E-state index in [2.05, 4.69) is 15.6 Å². The second-order valence-corrected chi connectivity index (χ2v) is 8.95. The number of halogens is 1. The number of aromatic hydroxyl groups is 1. The van der Waals surface area contributed by atoms with Gasteiger partial charge in [0.2, 0.25) is 5.75 Å². The van der Waals surface area contributed by atoms with Crippen molar-refractivity contribution < 1.29 is 28.6 Å². The molecule has 0 saturated carbocycles. The Bertz CT molecular complexity index is 1360. The average Bonchev–Trinajstić information content (AvgIpc) is 3.20. The highest BCUT2D eigenvalue weighted by Crippen LogP contribution is 2.37. The van der Waals surface area contributed by atoms with E-state index < -0.39 is 47.0 Å². The molecule has 1 aromatic heterocycles. The number of benzene rings is 2. The van der Waals surface area contributed by atoms with Gasteiger partial charge in [-0.05, 0) is 36.1 Å². The van der Waals surface area contributed by atoms with Gasteiger partial charge in [-0.25, -0.2) is 14.2 Å². The summed E-state index contributed by atoms with van der Waals surface area (Å²) < 4.78 is 25.7. The van der Waals surface area contributed by atoms with Crippen LogP contribution in [0.1, 0.15) is 46.2 Å². The zero-order valence-electron chi connectivity index (χ0n) is 19.7. The Morgan fingerprint density at radius 2 is 1.89 bits per heavy atom. The van der Waals surface area contributed by atoms with E-state index in [0.29, 0.717) is 18.4 Å². The highest BCUT2D eigenvalue weighted by Gasteiger charge is 2.43. The van der Waals surface area contributed by atoms with Gasteiger partial charge in [-0.15, -0.1) is 0 Å². The van der Waals surface area contributed by atoms with E-state index in [4.69, 9.17) is 9.47 Å². The zero-order chi connectivity index (χ0) is 25.9. The summed E-state index contributed by atoms with van der Waals surface area (Å²) in [4.78, 5) is 42.6. The normalized spacial score (nSPS) is 20.0. The summed E-state index contributed by atoms with van der Waals surface area (Å²) in [5, 5.41) is 15.8. The van der Waals surface area contributed by atoms with Gasteiger partial charge in [0.05, 0.1) is 12.0 Å². The Balaban J connectivity index is 1.33. The number of alkyl carbamates (subject to hydrolysis) is 1. The first-order chi connectivity index (χ1) is 17.9. The zero-order valence-corrected chi connectivity index (χ0v) is 19.7. The van der Waals surface area contributed by atoms with Crippen LogP contribution in [0.3, 0.4) is 0 Å². The lowest BCUT2D eigenvalue weighted by Gasteiger charge is -2.24. The van der Waals surface area contributed by atoms with E-state index >= 15 is 0 Å². The Kier molecular flexibility index (Phi) is 6.87.